The highest BCUT2D eigenvalue weighted by Crippen LogP contribution is 2.36. The molecule has 146 valence electrons. The summed E-state index contributed by atoms with van der Waals surface area (Å²) in [5.74, 6) is -0.778. The maximum Gasteiger partial charge on any atom is 0.328 e. The average molecular weight is 384 g/mol. The molecule has 0 aliphatic rings. The summed E-state index contributed by atoms with van der Waals surface area (Å²) >= 11 is 0. The number of methoxy groups -OCH3 is 2. The number of carboxylic acids is 1. The normalized spacial score (nSPS) is 13.0. The van der Waals surface area contributed by atoms with Crippen molar-refractivity contribution in [1.29, 1.82) is 0 Å². The van der Waals surface area contributed by atoms with E-state index in [1.165, 1.54) is 20.3 Å². The lowest BCUT2D eigenvalue weighted by Gasteiger charge is -2.36. The lowest BCUT2D eigenvalue weighted by atomic mass is 10.1. The van der Waals surface area contributed by atoms with Gasteiger partial charge in [-0.2, -0.15) is 0 Å². The molecule has 1 rings (SSSR count). The number of carbonyl (C=O) groups is 2. The van der Waals surface area contributed by atoms with Crippen molar-refractivity contribution < 1.29 is 28.6 Å². The van der Waals surface area contributed by atoms with Crippen LogP contribution in [0.3, 0.4) is 0 Å². The van der Waals surface area contributed by atoms with Crippen molar-refractivity contribution in [2.24, 2.45) is 0 Å². The van der Waals surface area contributed by atoms with Crippen LogP contribution in [0.25, 0.3) is 0 Å². The Kier molecular flexibility index (Phi) is 7.22. The predicted molar refractivity (Wildman–Crippen MR) is 102 cm³/mol. The molecule has 1 aromatic carbocycles. The van der Waals surface area contributed by atoms with Crippen LogP contribution < -0.4 is 14.8 Å². The summed E-state index contributed by atoms with van der Waals surface area (Å²) in [7, 11) is 0.839. The number of carbonyl (C=O) groups excluding carboxylic acids is 1. The molecule has 2 N–H and O–H groups in total. The molecule has 7 nitrogen and oxygen atoms in total. The molecule has 0 aromatic heterocycles. The first-order chi connectivity index (χ1) is 11.9. The Morgan fingerprint density at radius 2 is 1.73 bits per heavy atom. The third-order valence-corrected chi connectivity index (χ3v) is 9.17. The molecular formula is C18H29NO6Si. The summed E-state index contributed by atoms with van der Waals surface area (Å²) in [5, 5.41) is 11.9. The Balaban J connectivity index is 2.88. The maximum absolute atomic E-state index is 12.4. The van der Waals surface area contributed by atoms with Crippen LogP contribution in [0.2, 0.25) is 18.1 Å². The molecule has 0 heterocycles. The van der Waals surface area contributed by atoms with E-state index in [9.17, 15) is 14.7 Å². The molecule has 0 fully saturated rings. The average Bonchev–Trinajstić information content (AvgIpc) is 2.56. The van der Waals surface area contributed by atoms with Gasteiger partial charge in [-0.25, -0.2) is 4.79 Å². The fourth-order valence-electron chi connectivity index (χ4n) is 1.90. The minimum Gasteiger partial charge on any atom is -0.493 e. The highest BCUT2D eigenvalue weighted by Gasteiger charge is 2.38. The molecule has 1 aromatic rings. The van der Waals surface area contributed by atoms with Gasteiger partial charge in [-0.3, -0.25) is 4.79 Å². The number of rotatable bonds is 8. The Morgan fingerprint density at radius 1 is 1.15 bits per heavy atom. The Bertz CT molecular complexity index is 654. The minimum atomic E-state index is -2.12. The van der Waals surface area contributed by atoms with E-state index in [0.29, 0.717) is 11.5 Å². The van der Waals surface area contributed by atoms with Gasteiger partial charge < -0.3 is 24.3 Å². The summed E-state index contributed by atoms with van der Waals surface area (Å²) in [6.45, 7) is 10.2. The van der Waals surface area contributed by atoms with E-state index in [0.717, 1.165) is 0 Å². The first-order valence-corrected chi connectivity index (χ1v) is 11.2. The van der Waals surface area contributed by atoms with E-state index in [-0.39, 0.29) is 17.2 Å². The number of nitrogens with one attached hydrogen (secondary N) is 1. The zero-order valence-corrected chi connectivity index (χ0v) is 17.5. The lowest BCUT2D eigenvalue weighted by Crippen LogP contribution is -2.49. The van der Waals surface area contributed by atoms with Crippen LogP contribution in [0, 0.1) is 0 Å². The van der Waals surface area contributed by atoms with Gasteiger partial charge in [-0.1, -0.05) is 20.8 Å². The Morgan fingerprint density at radius 3 is 2.19 bits per heavy atom. The fourth-order valence-corrected chi connectivity index (χ4v) is 2.92. The number of benzene rings is 1. The second kappa shape index (κ2) is 8.55. The van der Waals surface area contributed by atoms with Gasteiger partial charge in [0.2, 0.25) is 0 Å². The van der Waals surface area contributed by atoms with Crippen molar-refractivity contribution in [1.82, 2.24) is 5.32 Å². The van der Waals surface area contributed by atoms with E-state index in [2.05, 4.69) is 26.1 Å². The van der Waals surface area contributed by atoms with Gasteiger partial charge in [-0.05, 0) is 36.3 Å². The van der Waals surface area contributed by atoms with Crippen LogP contribution in [0.5, 0.6) is 11.5 Å². The molecule has 1 atom stereocenters. The molecule has 0 aliphatic heterocycles. The fraction of sp³-hybridized carbons (Fsp3) is 0.556. The summed E-state index contributed by atoms with van der Waals surface area (Å²) in [6, 6.07) is 3.51. The van der Waals surface area contributed by atoms with Gasteiger partial charge in [0.1, 0.15) is 6.04 Å². The van der Waals surface area contributed by atoms with Crippen LogP contribution in [-0.2, 0) is 9.22 Å². The van der Waals surface area contributed by atoms with Crippen molar-refractivity contribution in [2.45, 2.75) is 44.9 Å². The van der Waals surface area contributed by atoms with Crippen molar-refractivity contribution >= 4 is 20.2 Å². The van der Waals surface area contributed by atoms with E-state index in [4.69, 9.17) is 13.9 Å². The molecule has 0 saturated heterocycles. The summed E-state index contributed by atoms with van der Waals surface area (Å²) in [5.41, 5.74) is 0.279. The number of amides is 1. The van der Waals surface area contributed by atoms with Crippen molar-refractivity contribution in [2.75, 3.05) is 20.8 Å². The highest BCUT2D eigenvalue weighted by molar-refractivity contribution is 6.74. The van der Waals surface area contributed by atoms with Crippen LogP contribution >= 0.6 is 0 Å². The molecule has 0 bridgehead atoms. The molecule has 1 unspecified atom stereocenters. The van der Waals surface area contributed by atoms with E-state index >= 15 is 0 Å². The molecule has 0 radical (unpaired) electrons. The van der Waals surface area contributed by atoms with Crippen LogP contribution in [0.1, 0.15) is 31.1 Å². The van der Waals surface area contributed by atoms with Gasteiger partial charge in [0, 0.05) is 5.56 Å². The van der Waals surface area contributed by atoms with E-state index in [1.807, 2.05) is 13.1 Å². The summed E-state index contributed by atoms with van der Waals surface area (Å²) < 4.78 is 16.2. The largest absolute Gasteiger partial charge is 0.493 e. The molecule has 0 saturated carbocycles. The first-order valence-electron chi connectivity index (χ1n) is 8.32. The minimum absolute atomic E-state index is 0.0522. The lowest BCUT2D eigenvalue weighted by molar-refractivity contribution is -0.140. The topological polar surface area (TPSA) is 94.1 Å². The van der Waals surface area contributed by atoms with Crippen LogP contribution in [-0.4, -0.2) is 52.2 Å². The predicted octanol–water partition coefficient (Wildman–Crippen LogP) is 2.91. The zero-order valence-electron chi connectivity index (χ0n) is 16.5. The molecule has 8 heteroatoms. The van der Waals surface area contributed by atoms with E-state index < -0.39 is 26.2 Å². The van der Waals surface area contributed by atoms with Crippen molar-refractivity contribution in [3.8, 4) is 11.5 Å². The first kappa shape index (κ1) is 22.0. The van der Waals surface area contributed by atoms with Gasteiger partial charge in [-0.15, -0.1) is 0 Å². The SMILES string of the molecule is COc1ccc(C(=O)NC(CO[Si](C)(C)C(C)(C)C)C(=O)O)cc1OC. The second-order valence-electron chi connectivity index (χ2n) is 7.51. The Labute approximate surface area is 155 Å². The summed E-state index contributed by atoms with van der Waals surface area (Å²) in [4.78, 5) is 24.0. The summed E-state index contributed by atoms with van der Waals surface area (Å²) in [6.07, 6.45) is 0. The third kappa shape index (κ3) is 5.47. The molecule has 0 spiro atoms. The second-order valence-corrected chi connectivity index (χ2v) is 12.3. The number of carboxylic acid groups (broad SMARTS) is 1. The molecule has 26 heavy (non-hydrogen) atoms. The van der Waals surface area contributed by atoms with Crippen molar-refractivity contribution in [3.05, 3.63) is 23.8 Å². The number of hydrogen-bond donors (Lipinski definition) is 2. The van der Waals surface area contributed by atoms with Gasteiger partial charge >= 0.3 is 5.97 Å². The standard InChI is InChI=1S/C18H29NO6Si/c1-18(2,3)26(6,7)25-11-13(17(21)22)19-16(20)12-8-9-14(23-4)15(10-12)24-5/h8-10,13H,11H2,1-7H3,(H,19,20)(H,21,22). The molecule has 0 aliphatic carbocycles. The van der Waals surface area contributed by atoms with Crippen LogP contribution in [0.15, 0.2) is 18.2 Å². The highest BCUT2D eigenvalue weighted by atomic mass is 28.4. The van der Waals surface area contributed by atoms with Crippen LogP contribution in [0.4, 0.5) is 0 Å². The number of aliphatic carboxylic acids is 1. The zero-order chi connectivity index (χ0) is 20.1. The van der Waals surface area contributed by atoms with Crippen molar-refractivity contribution in [3.63, 3.8) is 0 Å². The smallest absolute Gasteiger partial charge is 0.328 e. The Hall–Kier alpha value is -2.06. The van der Waals surface area contributed by atoms with Gasteiger partial charge in [0.15, 0.2) is 19.8 Å². The van der Waals surface area contributed by atoms with Gasteiger partial charge in [0.25, 0.3) is 5.91 Å². The third-order valence-electron chi connectivity index (χ3n) is 4.67. The maximum atomic E-state index is 12.4. The monoisotopic (exact) mass is 383 g/mol. The van der Waals surface area contributed by atoms with Gasteiger partial charge in [0.05, 0.1) is 20.8 Å². The quantitative estimate of drug-likeness (QED) is 0.671. The molecule has 1 amide bonds. The number of ether oxygens (including phenoxy) is 2. The number of hydrogen-bond acceptors (Lipinski definition) is 5. The van der Waals surface area contributed by atoms with E-state index in [1.54, 1.807) is 12.1 Å². The molecular weight excluding hydrogens is 354 g/mol.